The van der Waals surface area contributed by atoms with Crippen molar-refractivity contribution in [2.45, 2.75) is 19.8 Å². The van der Waals surface area contributed by atoms with Crippen LogP contribution in [0.25, 0.3) is 0 Å². The zero-order chi connectivity index (χ0) is 19.1. The second-order valence-corrected chi connectivity index (χ2v) is 6.33. The Morgan fingerprint density at radius 1 is 1.23 bits per heavy atom. The van der Waals surface area contributed by atoms with Gasteiger partial charge in [0, 0.05) is 16.9 Å². The number of nitrogens with zero attached hydrogens (tertiary/aromatic N) is 1. The fraction of sp³-hybridized carbons (Fsp3) is 0.200. The lowest BCUT2D eigenvalue weighted by atomic mass is 10.0. The van der Waals surface area contributed by atoms with Gasteiger partial charge in [-0.3, -0.25) is 4.79 Å². The van der Waals surface area contributed by atoms with Gasteiger partial charge in [-0.25, -0.2) is 0 Å². The van der Waals surface area contributed by atoms with Crippen LogP contribution < -0.4 is 15.4 Å². The van der Waals surface area contributed by atoms with Gasteiger partial charge in [-0.05, 0) is 41.8 Å². The first-order valence-corrected chi connectivity index (χ1v) is 8.44. The molecule has 0 atom stereocenters. The highest BCUT2D eigenvalue weighted by molar-refractivity contribution is 6.31. The van der Waals surface area contributed by atoms with Crippen LogP contribution in [0, 0.1) is 11.3 Å². The minimum atomic E-state index is -0.556. The van der Waals surface area contributed by atoms with Crippen molar-refractivity contribution in [2.75, 3.05) is 17.7 Å². The van der Waals surface area contributed by atoms with E-state index in [-0.39, 0.29) is 5.57 Å². The number of hydrogen-bond acceptors (Lipinski definition) is 4. The normalized spacial score (nSPS) is 11.0. The number of benzene rings is 2. The van der Waals surface area contributed by atoms with Crippen molar-refractivity contribution in [3.63, 3.8) is 0 Å². The van der Waals surface area contributed by atoms with E-state index in [1.165, 1.54) is 18.9 Å². The average molecular weight is 370 g/mol. The number of carbonyl (C=O) groups is 1. The highest BCUT2D eigenvalue weighted by Crippen LogP contribution is 2.28. The predicted octanol–water partition coefficient (Wildman–Crippen LogP) is 4.93. The van der Waals surface area contributed by atoms with E-state index in [1.54, 1.807) is 18.2 Å². The standard InChI is InChI=1S/C20H20ClN3O2/c1-13(2)14-4-7-17(8-5-14)23-12-15(11-22)20(25)24-18-10-16(21)6-9-19(18)26-3/h4-10,12-13,23H,1-3H3,(H,24,25)/b15-12-. The third-order valence-electron chi connectivity index (χ3n) is 3.74. The van der Waals surface area contributed by atoms with Crippen LogP contribution >= 0.6 is 11.6 Å². The third kappa shape index (κ3) is 5.01. The molecule has 0 unspecified atom stereocenters. The summed E-state index contributed by atoms with van der Waals surface area (Å²) in [6.07, 6.45) is 1.37. The van der Waals surface area contributed by atoms with E-state index in [2.05, 4.69) is 24.5 Å². The van der Waals surface area contributed by atoms with Gasteiger partial charge in [0.1, 0.15) is 17.4 Å². The number of amides is 1. The van der Waals surface area contributed by atoms with Crippen molar-refractivity contribution in [1.82, 2.24) is 0 Å². The molecule has 0 saturated heterocycles. The van der Waals surface area contributed by atoms with E-state index in [0.717, 1.165) is 5.69 Å². The van der Waals surface area contributed by atoms with E-state index >= 15 is 0 Å². The van der Waals surface area contributed by atoms with Crippen LogP contribution in [0.2, 0.25) is 5.02 Å². The minimum Gasteiger partial charge on any atom is -0.495 e. The van der Waals surface area contributed by atoms with Crippen molar-refractivity contribution in [2.24, 2.45) is 0 Å². The second kappa shape index (κ2) is 8.93. The van der Waals surface area contributed by atoms with Crippen molar-refractivity contribution < 1.29 is 9.53 Å². The summed E-state index contributed by atoms with van der Waals surface area (Å²) in [5.74, 6) is 0.337. The molecule has 0 radical (unpaired) electrons. The largest absolute Gasteiger partial charge is 0.495 e. The number of rotatable bonds is 6. The Bertz CT molecular complexity index is 852. The quantitative estimate of drug-likeness (QED) is 0.559. The summed E-state index contributed by atoms with van der Waals surface area (Å²) in [7, 11) is 1.49. The van der Waals surface area contributed by atoms with Crippen LogP contribution in [0.15, 0.2) is 54.2 Å². The molecule has 0 heterocycles. The molecule has 1 amide bonds. The topological polar surface area (TPSA) is 74.1 Å². The van der Waals surface area contributed by atoms with E-state index < -0.39 is 5.91 Å². The number of anilines is 2. The van der Waals surface area contributed by atoms with E-state index in [9.17, 15) is 10.1 Å². The van der Waals surface area contributed by atoms with Gasteiger partial charge >= 0.3 is 0 Å². The number of nitriles is 1. The molecular formula is C20H20ClN3O2. The lowest BCUT2D eigenvalue weighted by molar-refractivity contribution is -0.112. The Morgan fingerprint density at radius 2 is 1.92 bits per heavy atom. The molecule has 134 valence electrons. The molecule has 2 N–H and O–H groups in total. The molecule has 0 bridgehead atoms. The zero-order valence-corrected chi connectivity index (χ0v) is 15.6. The van der Waals surface area contributed by atoms with Gasteiger partial charge in [0.25, 0.3) is 5.91 Å². The van der Waals surface area contributed by atoms with Gasteiger partial charge in [0.05, 0.1) is 12.8 Å². The zero-order valence-electron chi connectivity index (χ0n) is 14.8. The molecule has 0 aromatic heterocycles. The first-order chi connectivity index (χ1) is 12.4. The molecule has 0 aliphatic rings. The molecule has 2 aromatic carbocycles. The Labute approximate surface area is 158 Å². The minimum absolute atomic E-state index is 0.0695. The molecular weight excluding hydrogens is 350 g/mol. The van der Waals surface area contributed by atoms with E-state index in [0.29, 0.717) is 22.4 Å². The molecule has 5 nitrogen and oxygen atoms in total. The summed E-state index contributed by atoms with van der Waals surface area (Å²) in [5.41, 5.74) is 2.33. The van der Waals surface area contributed by atoms with Gasteiger partial charge in [0.15, 0.2) is 0 Å². The fourth-order valence-electron chi connectivity index (χ4n) is 2.24. The molecule has 0 spiro atoms. The fourth-order valence-corrected chi connectivity index (χ4v) is 2.41. The van der Waals surface area contributed by atoms with Crippen molar-refractivity contribution >= 4 is 28.9 Å². The highest BCUT2D eigenvalue weighted by atomic mass is 35.5. The van der Waals surface area contributed by atoms with Gasteiger partial charge in [-0.2, -0.15) is 5.26 Å². The lowest BCUT2D eigenvalue weighted by Gasteiger charge is -2.10. The maximum atomic E-state index is 12.3. The SMILES string of the molecule is COc1ccc(Cl)cc1NC(=O)/C(C#N)=C\Nc1ccc(C(C)C)cc1. The number of methoxy groups -OCH3 is 1. The number of hydrogen-bond donors (Lipinski definition) is 2. The van der Waals surface area contributed by atoms with E-state index in [4.69, 9.17) is 16.3 Å². The highest BCUT2D eigenvalue weighted by Gasteiger charge is 2.13. The molecule has 0 aliphatic heterocycles. The maximum absolute atomic E-state index is 12.3. The summed E-state index contributed by atoms with van der Waals surface area (Å²) in [5, 5.41) is 15.3. The molecule has 6 heteroatoms. The van der Waals surface area contributed by atoms with Crippen LogP contribution in [-0.4, -0.2) is 13.0 Å². The van der Waals surface area contributed by atoms with Crippen LogP contribution in [0.5, 0.6) is 5.75 Å². The number of nitrogens with one attached hydrogen (secondary N) is 2. The molecule has 0 aliphatic carbocycles. The first-order valence-electron chi connectivity index (χ1n) is 8.06. The summed E-state index contributed by atoms with van der Waals surface area (Å²) in [6, 6.07) is 14.6. The Kier molecular flexibility index (Phi) is 6.65. The predicted molar refractivity (Wildman–Crippen MR) is 104 cm³/mol. The molecule has 0 fully saturated rings. The number of halogens is 1. The monoisotopic (exact) mass is 369 g/mol. The van der Waals surface area contributed by atoms with E-state index in [1.807, 2.05) is 30.3 Å². The smallest absolute Gasteiger partial charge is 0.267 e. The van der Waals surface area contributed by atoms with Crippen LogP contribution in [0.1, 0.15) is 25.3 Å². The maximum Gasteiger partial charge on any atom is 0.267 e. The van der Waals surface area contributed by atoms with Crippen LogP contribution in [0.4, 0.5) is 11.4 Å². The summed E-state index contributed by atoms with van der Waals surface area (Å²) >= 11 is 5.95. The van der Waals surface area contributed by atoms with Crippen molar-refractivity contribution in [3.8, 4) is 11.8 Å². The molecule has 26 heavy (non-hydrogen) atoms. The summed E-state index contributed by atoms with van der Waals surface area (Å²) in [4.78, 5) is 12.3. The van der Waals surface area contributed by atoms with Gasteiger partial charge in [-0.1, -0.05) is 37.6 Å². The van der Waals surface area contributed by atoms with Gasteiger partial charge in [0.2, 0.25) is 0 Å². The molecule has 0 saturated carbocycles. The molecule has 2 aromatic rings. The van der Waals surface area contributed by atoms with Crippen molar-refractivity contribution in [1.29, 1.82) is 5.26 Å². The average Bonchev–Trinajstić information content (AvgIpc) is 2.63. The van der Waals surface area contributed by atoms with Crippen LogP contribution in [0.3, 0.4) is 0 Å². The summed E-state index contributed by atoms with van der Waals surface area (Å²) < 4.78 is 5.18. The third-order valence-corrected chi connectivity index (χ3v) is 3.97. The van der Waals surface area contributed by atoms with Gasteiger partial charge < -0.3 is 15.4 Å². The molecule has 2 rings (SSSR count). The number of ether oxygens (including phenoxy) is 1. The Morgan fingerprint density at radius 3 is 2.50 bits per heavy atom. The Balaban J connectivity index is 2.12. The first kappa shape index (κ1) is 19.4. The Hall–Kier alpha value is -2.97. The second-order valence-electron chi connectivity index (χ2n) is 5.89. The van der Waals surface area contributed by atoms with Crippen LogP contribution in [-0.2, 0) is 4.79 Å². The lowest BCUT2D eigenvalue weighted by Crippen LogP contribution is -2.15. The number of carbonyl (C=O) groups excluding carboxylic acids is 1. The van der Waals surface area contributed by atoms with Gasteiger partial charge in [-0.15, -0.1) is 0 Å². The summed E-state index contributed by atoms with van der Waals surface area (Å²) in [6.45, 7) is 4.23. The van der Waals surface area contributed by atoms with Crippen molar-refractivity contribution in [3.05, 3.63) is 64.8 Å².